The van der Waals surface area contributed by atoms with Crippen molar-refractivity contribution in [3.05, 3.63) is 46.7 Å². The maximum atomic E-state index is 14.0. The average molecular weight is 312 g/mol. The smallest absolute Gasteiger partial charge is 0.337 e. The van der Waals surface area contributed by atoms with E-state index in [4.69, 9.17) is 17.0 Å². The summed E-state index contributed by atoms with van der Waals surface area (Å²) in [5, 5.41) is 5.75. The van der Waals surface area contributed by atoms with Crippen LogP contribution in [-0.2, 0) is 9.53 Å². The lowest BCUT2D eigenvalue weighted by Crippen LogP contribution is -2.46. The Bertz CT molecular complexity index is 611. The summed E-state index contributed by atoms with van der Waals surface area (Å²) in [6.07, 6.45) is 0.443. The minimum Gasteiger partial charge on any atom is -0.466 e. The number of esters is 1. The van der Waals surface area contributed by atoms with Gasteiger partial charge in [0.25, 0.3) is 0 Å². The number of thiocarbonyl (C=S) groups is 1. The number of hydrogen-bond acceptors (Lipinski definition) is 3. The van der Waals surface area contributed by atoms with Crippen LogP contribution in [0.15, 0.2) is 29.5 Å². The molecule has 21 heavy (non-hydrogen) atoms. The Morgan fingerprint density at radius 3 is 2.52 bits per heavy atom. The first kappa shape index (κ1) is 15.4. The predicted octanol–water partition coefficient (Wildman–Crippen LogP) is 2.32. The summed E-state index contributed by atoms with van der Waals surface area (Å²) in [6, 6.07) is 2.50. The Labute approximate surface area is 126 Å². The van der Waals surface area contributed by atoms with E-state index < -0.39 is 23.6 Å². The van der Waals surface area contributed by atoms with Crippen LogP contribution < -0.4 is 10.6 Å². The summed E-state index contributed by atoms with van der Waals surface area (Å²) in [7, 11) is 1.21. The number of carbonyl (C=O) groups excluding carboxylic acids is 1. The average Bonchev–Trinajstić information content (AvgIpc) is 2.45. The summed E-state index contributed by atoms with van der Waals surface area (Å²) in [6.45, 7) is 1.80. The molecular weight excluding hydrogens is 298 g/mol. The largest absolute Gasteiger partial charge is 0.466 e. The van der Waals surface area contributed by atoms with Gasteiger partial charge in [0.15, 0.2) is 5.11 Å². The molecule has 0 amide bonds. The Morgan fingerprint density at radius 1 is 1.38 bits per heavy atom. The quantitative estimate of drug-likeness (QED) is 0.663. The lowest BCUT2D eigenvalue weighted by atomic mass is 9.93. The fraction of sp³-hybridized carbons (Fsp3) is 0.286. The van der Waals surface area contributed by atoms with E-state index in [9.17, 15) is 13.6 Å². The molecule has 0 aliphatic carbocycles. The van der Waals surface area contributed by atoms with Gasteiger partial charge in [0.1, 0.15) is 11.6 Å². The third kappa shape index (κ3) is 2.87. The van der Waals surface area contributed by atoms with Crippen molar-refractivity contribution < 1.29 is 18.3 Å². The number of benzene rings is 1. The molecule has 1 aliphatic heterocycles. The topological polar surface area (TPSA) is 50.4 Å². The van der Waals surface area contributed by atoms with Crippen molar-refractivity contribution in [3.63, 3.8) is 0 Å². The molecule has 4 nitrogen and oxygen atoms in total. The van der Waals surface area contributed by atoms with Gasteiger partial charge in [-0.05, 0) is 30.8 Å². The molecule has 0 unspecified atom stereocenters. The van der Waals surface area contributed by atoms with E-state index in [1.807, 2.05) is 0 Å². The molecule has 112 valence electrons. The molecule has 0 spiro atoms. The van der Waals surface area contributed by atoms with Crippen molar-refractivity contribution in [2.45, 2.75) is 19.4 Å². The van der Waals surface area contributed by atoms with Crippen LogP contribution in [0, 0.1) is 11.6 Å². The molecule has 1 aliphatic rings. The van der Waals surface area contributed by atoms with E-state index in [-0.39, 0.29) is 16.2 Å². The van der Waals surface area contributed by atoms with Gasteiger partial charge in [0, 0.05) is 5.70 Å². The highest BCUT2D eigenvalue weighted by Crippen LogP contribution is 2.31. The molecule has 0 saturated carbocycles. The summed E-state index contributed by atoms with van der Waals surface area (Å²) in [5.41, 5.74) is 0.351. The van der Waals surface area contributed by atoms with Gasteiger partial charge in [-0.2, -0.15) is 0 Å². The van der Waals surface area contributed by atoms with E-state index >= 15 is 0 Å². The van der Waals surface area contributed by atoms with Crippen LogP contribution in [0.5, 0.6) is 0 Å². The van der Waals surface area contributed by atoms with Crippen LogP contribution in [0.1, 0.15) is 24.9 Å². The van der Waals surface area contributed by atoms with Gasteiger partial charge in [-0.1, -0.05) is 13.0 Å². The lowest BCUT2D eigenvalue weighted by Gasteiger charge is -2.30. The van der Waals surface area contributed by atoms with Crippen molar-refractivity contribution in [3.8, 4) is 0 Å². The second-order valence-electron chi connectivity index (χ2n) is 4.40. The number of hydrogen-bond donors (Lipinski definition) is 2. The molecular formula is C14H14F2N2O2S. The zero-order chi connectivity index (χ0) is 15.6. The monoisotopic (exact) mass is 312 g/mol. The molecule has 0 radical (unpaired) electrons. The minimum atomic E-state index is -1.03. The lowest BCUT2D eigenvalue weighted by molar-refractivity contribution is -0.136. The molecule has 0 bridgehead atoms. The summed E-state index contributed by atoms with van der Waals surface area (Å²) in [5.74, 6) is -2.18. The van der Waals surface area contributed by atoms with E-state index in [1.165, 1.54) is 13.2 Å². The maximum Gasteiger partial charge on any atom is 0.337 e. The molecule has 1 aromatic carbocycles. The first-order chi connectivity index (χ1) is 9.99. The van der Waals surface area contributed by atoms with Gasteiger partial charge in [-0.25, -0.2) is 13.6 Å². The van der Waals surface area contributed by atoms with Crippen LogP contribution >= 0.6 is 12.2 Å². The van der Waals surface area contributed by atoms with Crippen LogP contribution in [0.25, 0.3) is 0 Å². The molecule has 1 aromatic rings. The Morgan fingerprint density at radius 2 is 2.00 bits per heavy atom. The summed E-state index contributed by atoms with van der Waals surface area (Å²) >= 11 is 5.04. The molecule has 0 saturated heterocycles. The number of halogens is 2. The zero-order valence-corrected chi connectivity index (χ0v) is 12.3. The van der Waals surface area contributed by atoms with Gasteiger partial charge in [0.2, 0.25) is 0 Å². The minimum absolute atomic E-state index is 0.123. The second kappa shape index (κ2) is 6.17. The van der Waals surface area contributed by atoms with Crippen LogP contribution in [0.3, 0.4) is 0 Å². The van der Waals surface area contributed by atoms with Crippen LogP contribution in [0.2, 0.25) is 0 Å². The fourth-order valence-corrected chi connectivity index (χ4v) is 2.49. The SMILES string of the molecule is CCC1=C(C(=O)OC)[C@H](c2c(F)cccc2F)NC(=S)N1. The summed E-state index contributed by atoms with van der Waals surface area (Å²) in [4.78, 5) is 12.0. The molecule has 1 atom stereocenters. The number of methoxy groups -OCH3 is 1. The highest BCUT2D eigenvalue weighted by molar-refractivity contribution is 7.80. The van der Waals surface area contributed by atoms with E-state index in [1.54, 1.807) is 6.92 Å². The van der Waals surface area contributed by atoms with Crippen molar-refractivity contribution in [2.24, 2.45) is 0 Å². The Balaban J connectivity index is 2.63. The first-order valence-electron chi connectivity index (χ1n) is 6.32. The molecule has 1 heterocycles. The standard InChI is InChI=1S/C14H14F2N2O2S/c1-3-9-11(13(19)20-2)12(18-14(21)17-9)10-7(15)5-4-6-8(10)16/h4-6,12H,3H2,1-2H3,(H2,17,18,21)/t12-/m0/s1. The van der Waals surface area contributed by atoms with E-state index in [0.717, 1.165) is 12.1 Å². The molecule has 0 aromatic heterocycles. The summed E-state index contributed by atoms with van der Waals surface area (Å²) < 4.78 is 32.8. The molecule has 0 fully saturated rings. The van der Waals surface area contributed by atoms with Gasteiger partial charge in [0.05, 0.1) is 24.3 Å². The Hall–Kier alpha value is -2.02. The van der Waals surface area contributed by atoms with Crippen LogP contribution in [0.4, 0.5) is 8.78 Å². The number of rotatable bonds is 3. The Kier molecular flexibility index (Phi) is 4.52. The van der Waals surface area contributed by atoms with Crippen LogP contribution in [-0.4, -0.2) is 18.2 Å². The molecule has 7 heteroatoms. The van der Waals surface area contributed by atoms with Crippen molar-refractivity contribution in [1.29, 1.82) is 0 Å². The fourth-order valence-electron chi connectivity index (χ4n) is 2.25. The highest BCUT2D eigenvalue weighted by Gasteiger charge is 2.34. The third-order valence-corrected chi connectivity index (χ3v) is 3.42. The van der Waals surface area contributed by atoms with E-state index in [2.05, 4.69) is 10.6 Å². The van der Waals surface area contributed by atoms with Gasteiger partial charge in [-0.3, -0.25) is 0 Å². The normalized spacial score (nSPS) is 18.1. The van der Waals surface area contributed by atoms with Gasteiger partial charge in [-0.15, -0.1) is 0 Å². The molecule has 2 rings (SSSR count). The number of nitrogens with one attached hydrogen (secondary N) is 2. The van der Waals surface area contributed by atoms with Gasteiger partial charge >= 0.3 is 5.97 Å². The second-order valence-corrected chi connectivity index (χ2v) is 4.81. The van der Waals surface area contributed by atoms with Crippen molar-refractivity contribution >= 4 is 23.3 Å². The first-order valence-corrected chi connectivity index (χ1v) is 6.73. The molecule has 2 N–H and O–H groups in total. The van der Waals surface area contributed by atoms with Gasteiger partial charge < -0.3 is 15.4 Å². The zero-order valence-electron chi connectivity index (χ0n) is 11.5. The number of carbonyl (C=O) groups is 1. The third-order valence-electron chi connectivity index (χ3n) is 3.20. The van der Waals surface area contributed by atoms with E-state index in [0.29, 0.717) is 12.1 Å². The number of ether oxygens (including phenoxy) is 1. The maximum absolute atomic E-state index is 14.0. The van der Waals surface area contributed by atoms with Crippen molar-refractivity contribution in [2.75, 3.05) is 7.11 Å². The number of allylic oxidation sites excluding steroid dienone is 1. The predicted molar refractivity (Wildman–Crippen MR) is 77.3 cm³/mol. The van der Waals surface area contributed by atoms with Crippen molar-refractivity contribution in [1.82, 2.24) is 10.6 Å². The highest BCUT2D eigenvalue weighted by atomic mass is 32.1.